The number of halogens is 3. The monoisotopic (exact) mass is 405 g/mol. The molecule has 0 radical (unpaired) electrons. The third kappa shape index (κ3) is 3.81. The molecule has 0 spiro atoms. The number of hydrogen-bond donors (Lipinski definition) is 0. The summed E-state index contributed by atoms with van der Waals surface area (Å²) in [5.74, 6) is 0.350. The molecular formula is C16H14Cl3NO3S. The zero-order chi connectivity index (χ0) is 17.9. The molecule has 0 unspecified atom stereocenters. The van der Waals surface area contributed by atoms with Crippen LogP contribution in [-0.4, -0.2) is 22.1 Å². The van der Waals surface area contributed by atoms with Crippen molar-refractivity contribution in [1.82, 2.24) is 0 Å². The van der Waals surface area contributed by atoms with Crippen molar-refractivity contribution in [3.63, 3.8) is 0 Å². The summed E-state index contributed by atoms with van der Waals surface area (Å²) >= 11 is 18.0. The molecule has 0 aromatic heterocycles. The fourth-order valence-electron chi connectivity index (χ4n) is 2.09. The van der Waals surface area contributed by atoms with E-state index < -0.39 is 10.0 Å². The summed E-state index contributed by atoms with van der Waals surface area (Å²) in [6.07, 6.45) is 1.45. The maximum absolute atomic E-state index is 13.1. The first-order valence-electron chi connectivity index (χ1n) is 6.73. The van der Waals surface area contributed by atoms with Crippen LogP contribution in [0.15, 0.2) is 53.9 Å². The summed E-state index contributed by atoms with van der Waals surface area (Å²) in [7, 11) is -2.57. The maximum Gasteiger partial charge on any atom is 0.266 e. The highest BCUT2D eigenvalue weighted by Gasteiger charge is 2.29. The molecule has 0 atom stereocenters. The Morgan fingerprint density at radius 2 is 1.75 bits per heavy atom. The van der Waals surface area contributed by atoms with Crippen molar-refractivity contribution in [2.75, 3.05) is 18.0 Å². The van der Waals surface area contributed by atoms with E-state index in [0.29, 0.717) is 10.8 Å². The Bertz CT molecular complexity index is 869. The third-order valence-corrected chi connectivity index (χ3v) is 5.90. The van der Waals surface area contributed by atoms with Gasteiger partial charge in [0.05, 0.1) is 24.4 Å². The van der Waals surface area contributed by atoms with Crippen LogP contribution in [0.2, 0.25) is 15.1 Å². The van der Waals surface area contributed by atoms with Crippen LogP contribution < -0.4 is 9.04 Å². The second-order valence-corrected chi connectivity index (χ2v) is 7.83. The number of rotatable bonds is 6. The van der Waals surface area contributed by atoms with E-state index in [1.54, 1.807) is 12.1 Å². The minimum absolute atomic E-state index is 0.00186. The van der Waals surface area contributed by atoms with Crippen LogP contribution in [0.3, 0.4) is 0 Å². The molecule has 4 nitrogen and oxygen atoms in total. The van der Waals surface area contributed by atoms with Gasteiger partial charge < -0.3 is 4.74 Å². The fourth-order valence-corrected chi connectivity index (χ4v) is 4.44. The Labute approximate surface area is 156 Å². The smallest absolute Gasteiger partial charge is 0.266 e. The first-order chi connectivity index (χ1) is 11.3. The van der Waals surface area contributed by atoms with Gasteiger partial charge in [0.25, 0.3) is 10.0 Å². The molecule has 128 valence electrons. The first kappa shape index (κ1) is 18.9. The third-order valence-electron chi connectivity index (χ3n) is 3.17. The Kier molecular flexibility index (Phi) is 6.04. The molecule has 0 heterocycles. The predicted molar refractivity (Wildman–Crippen MR) is 99.2 cm³/mol. The molecule has 0 aliphatic heterocycles. The molecular weight excluding hydrogens is 393 g/mol. The van der Waals surface area contributed by atoms with Gasteiger partial charge in [-0.3, -0.25) is 4.31 Å². The Hall–Kier alpha value is -1.40. The van der Waals surface area contributed by atoms with E-state index in [2.05, 4.69) is 6.58 Å². The van der Waals surface area contributed by atoms with Gasteiger partial charge in [0.15, 0.2) is 0 Å². The van der Waals surface area contributed by atoms with Crippen LogP contribution in [0, 0.1) is 0 Å². The van der Waals surface area contributed by atoms with Gasteiger partial charge in [0.2, 0.25) is 0 Å². The van der Waals surface area contributed by atoms with Gasteiger partial charge in [-0.15, -0.1) is 6.58 Å². The first-order valence-corrected chi connectivity index (χ1v) is 9.31. The van der Waals surface area contributed by atoms with Gasteiger partial charge >= 0.3 is 0 Å². The predicted octanol–water partition coefficient (Wildman–Crippen LogP) is 5.04. The Morgan fingerprint density at radius 1 is 1.12 bits per heavy atom. The molecule has 24 heavy (non-hydrogen) atoms. The second kappa shape index (κ2) is 7.66. The number of ether oxygens (including phenoxy) is 1. The highest BCUT2D eigenvalue weighted by atomic mass is 35.5. The summed E-state index contributed by atoms with van der Waals surface area (Å²) in [6.45, 7) is 3.61. The Balaban J connectivity index is 2.69. The van der Waals surface area contributed by atoms with Crippen molar-refractivity contribution >= 4 is 50.5 Å². The lowest BCUT2D eigenvalue weighted by atomic mass is 10.3. The standard InChI is InChI=1S/C16H14Cl3NO3S/c1-3-8-20(14-9-11(17)5-7-15(14)23-2)24(21,22)16-10-12(18)4-6-13(16)19/h3-7,9-10H,1,8H2,2H3. The van der Waals surface area contributed by atoms with Crippen molar-refractivity contribution in [3.8, 4) is 5.75 Å². The zero-order valence-corrected chi connectivity index (χ0v) is 15.8. The van der Waals surface area contributed by atoms with Crippen molar-refractivity contribution < 1.29 is 13.2 Å². The number of anilines is 1. The minimum Gasteiger partial charge on any atom is -0.495 e. The van der Waals surface area contributed by atoms with Crippen LogP contribution >= 0.6 is 34.8 Å². The van der Waals surface area contributed by atoms with Crippen LogP contribution in [0.1, 0.15) is 0 Å². The van der Waals surface area contributed by atoms with Gasteiger partial charge in [-0.2, -0.15) is 0 Å². The van der Waals surface area contributed by atoms with Gasteiger partial charge in [-0.1, -0.05) is 40.9 Å². The van der Waals surface area contributed by atoms with Gasteiger partial charge in [0, 0.05) is 10.0 Å². The molecule has 0 saturated carbocycles. The van der Waals surface area contributed by atoms with Crippen molar-refractivity contribution in [1.29, 1.82) is 0 Å². The molecule has 0 amide bonds. The quantitative estimate of drug-likeness (QED) is 0.632. The highest BCUT2D eigenvalue weighted by Crippen LogP contribution is 2.36. The summed E-state index contributed by atoms with van der Waals surface area (Å²) in [5.41, 5.74) is 0.279. The number of nitrogens with zero attached hydrogens (tertiary/aromatic N) is 1. The largest absolute Gasteiger partial charge is 0.495 e. The van der Waals surface area contributed by atoms with Crippen LogP contribution in [0.4, 0.5) is 5.69 Å². The molecule has 0 aliphatic rings. The van der Waals surface area contributed by atoms with Crippen molar-refractivity contribution in [2.24, 2.45) is 0 Å². The number of hydrogen-bond acceptors (Lipinski definition) is 3. The number of methoxy groups -OCH3 is 1. The lowest BCUT2D eigenvalue weighted by molar-refractivity contribution is 0.415. The van der Waals surface area contributed by atoms with E-state index in [1.165, 1.54) is 37.5 Å². The highest BCUT2D eigenvalue weighted by molar-refractivity contribution is 7.93. The average molecular weight is 407 g/mol. The van der Waals surface area contributed by atoms with E-state index in [4.69, 9.17) is 39.5 Å². The zero-order valence-electron chi connectivity index (χ0n) is 12.7. The number of benzene rings is 2. The topological polar surface area (TPSA) is 46.6 Å². The summed E-state index contributed by atoms with van der Waals surface area (Å²) in [5, 5.41) is 0.691. The minimum atomic E-state index is -4.01. The second-order valence-electron chi connectivity index (χ2n) is 4.72. The summed E-state index contributed by atoms with van der Waals surface area (Å²) < 4.78 is 32.6. The Morgan fingerprint density at radius 3 is 2.38 bits per heavy atom. The van der Waals surface area contributed by atoms with E-state index in [-0.39, 0.29) is 27.2 Å². The molecule has 0 saturated heterocycles. The number of sulfonamides is 1. The molecule has 2 rings (SSSR count). The molecule has 0 fully saturated rings. The van der Waals surface area contributed by atoms with Crippen molar-refractivity contribution in [2.45, 2.75) is 4.90 Å². The lowest BCUT2D eigenvalue weighted by Crippen LogP contribution is -2.31. The lowest BCUT2D eigenvalue weighted by Gasteiger charge is -2.25. The van der Waals surface area contributed by atoms with Crippen LogP contribution in [0.25, 0.3) is 0 Å². The van der Waals surface area contributed by atoms with E-state index in [9.17, 15) is 8.42 Å². The van der Waals surface area contributed by atoms with E-state index >= 15 is 0 Å². The van der Waals surface area contributed by atoms with Gasteiger partial charge in [-0.25, -0.2) is 8.42 Å². The molecule has 8 heteroatoms. The summed E-state index contributed by atoms with van der Waals surface area (Å²) in [4.78, 5) is -0.111. The van der Waals surface area contributed by atoms with E-state index in [1.807, 2.05) is 0 Å². The SMILES string of the molecule is C=CCN(c1cc(Cl)ccc1OC)S(=O)(=O)c1cc(Cl)ccc1Cl. The summed E-state index contributed by atoms with van der Waals surface area (Å²) in [6, 6.07) is 8.93. The molecule has 2 aromatic rings. The van der Waals surface area contributed by atoms with Crippen molar-refractivity contribution in [3.05, 3.63) is 64.1 Å². The molecule has 0 N–H and O–H groups in total. The van der Waals surface area contributed by atoms with Gasteiger partial charge in [0.1, 0.15) is 10.6 Å². The van der Waals surface area contributed by atoms with Gasteiger partial charge in [-0.05, 0) is 36.4 Å². The van der Waals surface area contributed by atoms with Crippen LogP contribution in [-0.2, 0) is 10.0 Å². The molecule has 0 bridgehead atoms. The van der Waals surface area contributed by atoms with E-state index in [0.717, 1.165) is 4.31 Å². The molecule has 2 aromatic carbocycles. The maximum atomic E-state index is 13.1. The van der Waals surface area contributed by atoms with Crippen LogP contribution in [0.5, 0.6) is 5.75 Å². The average Bonchev–Trinajstić information content (AvgIpc) is 2.54. The molecule has 0 aliphatic carbocycles. The normalized spacial score (nSPS) is 11.2. The fraction of sp³-hybridized carbons (Fsp3) is 0.125.